The van der Waals surface area contributed by atoms with Crippen LogP contribution < -0.4 is 15.8 Å². The van der Waals surface area contributed by atoms with E-state index in [1.54, 1.807) is 6.20 Å². The van der Waals surface area contributed by atoms with Gasteiger partial charge in [0.2, 0.25) is 5.91 Å². The van der Waals surface area contributed by atoms with E-state index in [1.807, 2.05) is 44.2 Å². The lowest BCUT2D eigenvalue weighted by Crippen LogP contribution is -2.64. The molecule has 0 saturated carbocycles. The lowest BCUT2D eigenvalue weighted by molar-refractivity contribution is -0.132. The third-order valence-electron chi connectivity index (χ3n) is 5.37. The fourth-order valence-electron chi connectivity index (χ4n) is 3.84. The van der Waals surface area contributed by atoms with E-state index in [1.165, 1.54) is 12.4 Å². The normalized spacial score (nSPS) is 14.8. The average Bonchev–Trinajstić information content (AvgIpc) is 2.71. The molecule has 2 aromatic heterocycles. The van der Waals surface area contributed by atoms with Crippen molar-refractivity contribution >= 4 is 11.7 Å². The summed E-state index contributed by atoms with van der Waals surface area (Å²) in [5, 5.41) is 2.97. The molecule has 0 unspecified atom stereocenters. The van der Waals surface area contributed by atoms with E-state index >= 15 is 0 Å². The van der Waals surface area contributed by atoms with Crippen LogP contribution in [-0.4, -0.2) is 38.9 Å². The first-order valence-electron chi connectivity index (χ1n) is 9.86. The molecule has 0 aliphatic carbocycles. The summed E-state index contributed by atoms with van der Waals surface area (Å²) in [6, 6.07) is 11.4. The van der Waals surface area contributed by atoms with Gasteiger partial charge in [-0.15, -0.1) is 0 Å². The fourth-order valence-corrected chi connectivity index (χ4v) is 3.84. The zero-order valence-corrected chi connectivity index (χ0v) is 17.1. The van der Waals surface area contributed by atoms with Gasteiger partial charge in [-0.25, -0.2) is 9.97 Å². The number of aryl methyl sites for hydroxylation is 2. The highest BCUT2D eigenvalue weighted by atomic mass is 16.2. The van der Waals surface area contributed by atoms with Crippen molar-refractivity contribution in [2.75, 3.05) is 18.0 Å². The van der Waals surface area contributed by atoms with E-state index in [2.05, 4.69) is 30.2 Å². The quantitative estimate of drug-likeness (QED) is 0.646. The van der Waals surface area contributed by atoms with E-state index < -0.39 is 5.41 Å². The maximum absolute atomic E-state index is 13.3. The van der Waals surface area contributed by atoms with Crippen molar-refractivity contribution in [3.8, 4) is 0 Å². The molecule has 1 saturated heterocycles. The van der Waals surface area contributed by atoms with Crippen molar-refractivity contribution < 1.29 is 4.79 Å². The number of anilines is 1. The molecule has 30 heavy (non-hydrogen) atoms. The van der Waals surface area contributed by atoms with Gasteiger partial charge in [0.05, 0.1) is 35.4 Å². The summed E-state index contributed by atoms with van der Waals surface area (Å²) < 4.78 is 0. The van der Waals surface area contributed by atoms with Crippen molar-refractivity contribution in [1.82, 2.24) is 25.3 Å². The molecule has 8 nitrogen and oxygen atoms in total. The number of nitrogens with one attached hydrogen (secondary N) is 2. The predicted molar refractivity (Wildman–Crippen MR) is 113 cm³/mol. The molecule has 1 aliphatic heterocycles. The average molecular weight is 404 g/mol. The van der Waals surface area contributed by atoms with Gasteiger partial charge in [0.15, 0.2) is 0 Å². The third kappa shape index (κ3) is 4.07. The fraction of sp³-hybridized carbons (Fsp3) is 0.318. The predicted octanol–water partition coefficient (Wildman–Crippen LogP) is 1.54. The molecule has 0 atom stereocenters. The lowest BCUT2D eigenvalue weighted by Gasteiger charge is -2.49. The van der Waals surface area contributed by atoms with Crippen molar-refractivity contribution in [3.63, 3.8) is 0 Å². The van der Waals surface area contributed by atoms with Gasteiger partial charge < -0.3 is 15.2 Å². The van der Waals surface area contributed by atoms with Gasteiger partial charge in [-0.2, -0.15) is 0 Å². The van der Waals surface area contributed by atoms with Crippen molar-refractivity contribution in [1.29, 1.82) is 0 Å². The van der Waals surface area contributed by atoms with E-state index in [0.717, 1.165) is 22.8 Å². The number of hydrogen-bond acceptors (Lipinski definition) is 6. The molecular weight excluding hydrogens is 380 g/mol. The lowest BCUT2D eigenvalue weighted by atomic mass is 9.73. The Morgan fingerprint density at radius 2 is 1.97 bits per heavy atom. The first-order valence-corrected chi connectivity index (χ1v) is 9.86. The number of benzene rings is 1. The summed E-state index contributed by atoms with van der Waals surface area (Å²) in [5.74, 6) is 0.769. The molecule has 0 spiro atoms. The summed E-state index contributed by atoms with van der Waals surface area (Å²) >= 11 is 0. The second-order valence-corrected chi connectivity index (χ2v) is 7.80. The molecule has 154 valence electrons. The molecule has 1 aliphatic rings. The van der Waals surface area contributed by atoms with Crippen molar-refractivity contribution in [2.45, 2.75) is 26.8 Å². The number of H-pyrrole nitrogens is 1. The van der Waals surface area contributed by atoms with Crippen LogP contribution in [0, 0.1) is 19.3 Å². The molecule has 0 radical (unpaired) electrons. The molecule has 3 aromatic rings. The monoisotopic (exact) mass is 404 g/mol. The number of rotatable bonds is 6. The van der Waals surface area contributed by atoms with Crippen molar-refractivity contribution in [3.05, 3.63) is 81.9 Å². The van der Waals surface area contributed by atoms with E-state index in [9.17, 15) is 9.59 Å². The zero-order valence-electron chi connectivity index (χ0n) is 17.1. The van der Waals surface area contributed by atoms with Gasteiger partial charge in [0.1, 0.15) is 5.82 Å². The minimum absolute atomic E-state index is 0.0528. The number of nitrogens with zero attached hydrogens (tertiary/aromatic N) is 4. The second-order valence-electron chi connectivity index (χ2n) is 7.80. The van der Waals surface area contributed by atoms with Crippen LogP contribution in [0.3, 0.4) is 0 Å². The Labute approximate surface area is 174 Å². The van der Waals surface area contributed by atoms with Crippen LogP contribution in [0.15, 0.2) is 53.7 Å². The number of amides is 1. The summed E-state index contributed by atoms with van der Waals surface area (Å²) in [4.78, 5) is 42.4. The number of carbonyl (C=O) groups is 1. The van der Waals surface area contributed by atoms with Gasteiger partial charge in [-0.3, -0.25) is 14.6 Å². The zero-order chi connectivity index (χ0) is 21.1. The van der Waals surface area contributed by atoms with Crippen LogP contribution in [0.2, 0.25) is 0 Å². The minimum Gasteiger partial charge on any atom is -0.353 e. The SMILES string of the molecule is Cc1cnc(C)c(N2CC(Cc3ccccc3)(C(=O)NCc3cc(=O)[nH]cn3)C2)n1. The summed E-state index contributed by atoms with van der Waals surface area (Å²) in [6.45, 7) is 5.15. The van der Waals surface area contributed by atoms with Gasteiger partial charge in [0.25, 0.3) is 5.56 Å². The Balaban J connectivity index is 1.53. The molecule has 1 fully saturated rings. The number of hydrogen-bond donors (Lipinski definition) is 2. The molecule has 1 aromatic carbocycles. The molecular formula is C22H24N6O2. The maximum atomic E-state index is 13.3. The smallest absolute Gasteiger partial charge is 0.250 e. The first-order chi connectivity index (χ1) is 14.4. The van der Waals surface area contributed by atoms with Crippen molar-refractivity contribution in [2.24, 2.45) is 5.41 Å². The van der Waals surface area contributed by atoms with E-state index in [-0.39, 0.29) is 18.0 Å². The Hall–Kier alpha value is -3.55. The number of aromatic amines is 1. The molecule has 4 rings (SSSR count). The van der Waals surface area contributed by atoms with E-state index in [0.29, 0.717) is 25.2 Å². The van der Waals surface area contributed by atoms with Gasteiger partial charge >= 0.3 is 0 Å². The summed E-state index contributed by atoms with van der Waals surface area (Å²) in [5.41, 5.74) is 2.51. The third-order valence-corrected chi connectivity index (χ3v) is 5.37. The van der Waals surface area contributed by atoms with Crippen LogP contribution in [-0.2, 0) is 17.8 Å². The summed E-state index contributed by atoms with van der Waals surface area (Å²) in [7, 11) is 0. The Bertz CT molecular complexity index is 1110. The largest absolute Gasteiger partial charge is 0.353 e. The molecule has 0 bridgehead atoms. The molecule has 1 amide bonds. The van der Waals surface area contributed by atoms with Gasteiger partial charge in [-0.05, 0) is 25.8 Å². The van der Waals surface area contributed by atoms with E-state index in [4.69, 9.17) is 0 Å². The first kappa shape index (κ1) is 19.8. The second kappa shape index (κ2) is 8.06. The highest BCUT2D eigenvalue weighted by molar-refractivity contribution is 5.86. The summed E-state index contributed by atoms with van der Waals surface area (Å²) in [6.07, 6.45) is 3.71. The van der Waals surface area contributed by atoms with Gasteiger partial charge in [-0.1, -0.05) is 30.3 Å². The highest BCUT2D eigenvalue weighted by Gasteiger charge is 2.50. The van der Waals surface area contributed by atoms with Crippen LogP contribution in [0.1, 0.15) is 22.6 Å². The number of carbonyl (C=O) groups excluding carboxylic acids is 1. The topological polar surface area (TPSA) is 104 Å². The van der Waals surface area contributed by atoms with Crippen LogP contribution in [0.5, 0.6) is 0 Å². The highest BCUT2D eigenvalue weighted by Crippen LogP contribution is 2.38. The van der Waals surface area contributed by atoms with Gasteiger partial charge in [0, 0.05) is 25.4 Å². The molecule has 3 heterocycles. The number of aromatic nitrogens is 4. The standard InChI is InChI=1S/C22H24N6O2/c1-15-10-23-16(2)20(27-15)28-12-22(13-28,9-17-6-4-3-5-7-17)21(30)24-11-18-8-19(29)26-14-25-18/h3-8,10,14H,9,11-13H2,1-2H3,(H,24,30)(H,25,26,29). The Morgan fingerprint density at radius 1 is 1.20 bits per heavy atom. The van der Waals surface area contributed by atoms with Crippen LogP contribution in [0.4, 0.5) is 5.82 Å². The molecule has 8 heteroatoms. The minimum atomic E-state index is -0.583. The van der Waals surface area contributed by atoms with Crippen LogP contribution >= 0.6 is 0 Å². The Kier molecular flexibility index (Phi) is 5.31. The van der Waals surface area contributed by atoms with Crippen LogP contribution in [0.25, 0.3) is 0 Å². The molecule has 2 N–H and O–H groups in total. The maximum Gasteiger partial charge on any atom is 0.250 e. The Morgan fingerprint density at radius 3 is 2.70 bits per heavy atom.